The van der Waals surface area contributed by atoms with Crippen molar-refractivity contribution in [3.8, 4) is 11.5 Å². The number of carbonyl (C=O) groups excluding carboxylic acids is 1. The van der Waals surface area contributed by atoms with Crippen LogP contribution in [0.4, 0.5) is 0 Å². The van der Waals surface area contributed by atoms with Crippen LogP contribution in [-0.4, -0.2) is 19.5 Å². The molecule has 2 rings (SSSR count). The van der Waals surface area contributed by atoms with E-state index in [0.29, 0.717) is 23.7 Å². The number of hydrogen-bond acceptors (Lipinski definition) is 3. The van der Waals surface area contributed by atoms with Crippen molar-refractivity contribution in [3.05, 3.63) is 29.3 Å². The Hall–Kier alpha value is -1.77. The number of fused-ring (bicyclic) bond motifs is 1. The number of ketones is 1. The molecule has 0 aliphatic heterocycles. The molecular weight excluding hydrogens is 192 g/mol. The van der Waals surface area contributed by atoms with Gasteiger partial charge in [0.25, 0.3) is 0 Å². The summed E-state index contributed by atoms with van der Waals surface area (Å²) in [5, 5.41) is 0. The van der Waals surface area contributed by atoms with Gasteiger partial charge in [-0.3, -0.25) is 4.79 Å². The topological polar surface area (TPSA) is 35.5 Å². The molecule has 0 saturated carbocycles. The average Bonchev–Trinajstić information content (AvgIpc) is 2.62. The molecule has 0 N–H and O–H groups in total. The van der Waals surface area contributed by atoms with E-state index < -0.39 is 0 Å². The van der Waals surface area contributed by atoms with Gasteiger partial charge in [-0.05, 0) is 24.6 Å². The largest absolute Gasteiger partial charge is 0.493 e. The molecule has 1 aliphatic rings. The van der Waals surface area contributed by atoms with Gasteiger partial charge in [-0.1, -0.05) is 12.1 Å². The first-order valence-corrected chi connectivity index (χ1v) is 4.84. The van der Waals surface area contributed by atoms with E-state index in [9.17, 15) is 4.79 Å². The van der Waals surface area contributed by atoms with E-state index in [1.54, 1.807) is 19.3 Å². The first kappa shape index (κ1) is 9.77. The number of methoxy groups -OCH3 is 1. The van der Waals surface area contributed by atoms with Crippen molar-refractivity contribution >= 4 is 11.9 Å². The Bertz CT molecular complexity index is 433. The van der Waals surface area contributed by atoms with Crippen LogP contribution in [0.1, 0.15) is 22.8 Å². The van der Waals surface area contributed by atoms with Crippen LogP contribution in [-0.2, 0) is 0 Å². The van der Waals surface area contributed by atoms with Gasteiger partial charge in [-0.2, -0.15) is 0 Å². The first-order valence-electron chi connectivity index (χ1n) is 4.84. The quantitative estimate of drug-likeness (QED) is 0.757. The highest BCUT2D eigenvalue weighted by Gasteiger charge is 2.22. The van der Waals surface area contributed by atoms with Crippen LogP contribution in [0.15, 0.2) is 18.2 Å². The highest BCUT2D eigenvalue weighted by Crippen LogP contribution is 2.37. The summed E-state index contributed by atoms with van der Waals surface area (Å²) >= 11 is 0. The van der Waals surface area contributed by atoms with Gasteiger partial charge in [0.15, 0.2) is 17.3 Å². The SMILES string of the molecule is CCOc1c(OC)ccc2c1C(=O)C=C2. The Morgan fingerprint density at radius 2 is 2.07 bits per heavy atom. The van der Waals surface area contributed by atoms with Crippen molar-refractivity contribution in [1.82, 2.24) is 0 Å². The molecule has 0 amide bonds. The molecule has 0 aromatic heterocycles. The van der Waals surface area contributed by atoms with Gasteiger partial charge in [0, 0.05) is 0 Å². The van der Waals surface area contributed by atoms with E-state index in [1.165, 1.54) is 0 Å². The fourth-order valence-electron chi connectivity index (χ4n) is 1.67. The van der Waals surface area contributed by atoms with Gasteiger partial charge in [0.1, 0.15) is 0 Å². The normalized spacial score (nSPS) is 12.8. The van der Waals surface area contributed by atoms with Gasteiger partial charge in [-0.15, -0.1) is 0 Å². The fraction of sp³-hybridized carbons (Fsp3) is 0.250. The summed E-state index contributed by atoms with van der Waals surface area (Å²) < 4.78 is 10.6. The van der Waals surface area contributed by atoms with Crippen LogP contribution in [0.25, 0.3) is 6.08 Å². The summed E-state index contributed by atoms with van der Waals surface area (Å²) in [5.41, 5.74) is 1.50. The number of ether oxygens (including phenoxy) is 2. The molecule has 0 fully saturated rings. The number of rotatable bonds is 3. The average molecular weight is 204 g/mol. The zero-order valence-corrected chi connectivity index (χ0v) is 8.74. The third-order valence-electron chi connectivity index (χ3n) is 2.32. The molecule has 1 aromatic carbocycles. The maximum atomic E-state index is 11.6. The second-order valence-corrected chi connectivity index (χ2v) is 3.19. The lowest BCUT2D eigenvalue weighted by Crippen LogP contribution is -2.03. The highest BCUT2D eigenvalue weighted by molar-refractivity contribution is 6.15. The molecule has 15 heavy (non-hydrogen) atoms. The first-order chi connectivity index (χ1) is 7.27. The Kier molecular flexibility index (Phi) is 2.46. The minimum Gasteiger partial charge on any atom is -0.493 e. The van der Waals surface area contributed by atoms with Crippen LogP contribution in [0, 0.1) is 0 Å². The Labute approximate surface area is 88.3 Å². The molecule has 0 unspecified atom stereocenters. The molecule has 0 heterocycles. The van der Waals surface area contributed by atoms with E-state index in [2.05, 4.69) is 0 Å². The van der Waals surface area contributed by atoms with Gasteiger partial charge >= 0.3 is 0 Å². The lowest BCUT2D eigenvalue weighted by atomic mass is 10.1. The molecular formula is C12H12O3. The van der Waals surface area contributed by atoms with Gasteiger partial charge in [0.05, 0.1) is 19.3 Å². The van der Waals surface area contributed by atoms with Crippen molar-refractivity contribution in [2.24, 2.45) is 0 Å². The van der Waals surface area contributed by atoms with Crippen LogP contribution < -0.4 is 9.47 Å². The van der Waals surface area contributed by atoms with Crippen molar-refractivity contribution in [1.29, 1.82) is 0 Å². The highest BCUT2D eigenvalue weighted by atomic mass is 16.5. The van der Waals surface area contributed by atoms with Crippen LogP contribution in [0.5, 0.6) is 11.5 Å². The van der Waals surface area contributed by atoms with Gasteiger partial charge in [0.2, 0.25) is 0 Å². The summed E-state index contributed by atoms with van der Waals surface area (Å²) in [7, 11) is 1.57. The Morgan fingerprint density at radius 1 is 1.27 bits per heavy atom. The summed E-state index contributed by atoms with van der Waals surface area (Å²) in [4.78, 5) is 11.6. The maximum Gasteiger partial charge on any atom is 0.190 e. The standard InChI is InChI=1S/C12H12O3/c1-3-15-12-10(14-2)7-5-8-4-6-9(13)11(8)12/h4-7H,3H2,1-2H3. The van der Waals surface area contributed by atoms with E-state index >= 15 is 0 Å². The number of hydrogen-bond donors (Lipinski definition) is 0. The van der Waals surface area contributed by atoms with Crippen LogP contribution in [0.2, 0.25) is 0 Å². The maximum absolute atomic E-state index is 11.6. The van der Waals surface area contributed by atoms with Gasteiger partial charge < -0.3 is 9.47 Å². The summed E-state index contributed by atoms with van der Waals surface area (Å²) in [5.74, 6) is 1.13. The summed E-state index contributed by atoms with van der Waals surface area (Å²) in [6.45, 7) is 2.39. The van der Waals surface area contributed by atoms with E-state index in [4.69, 9.17) is 9.47 Å². The molecule has 0 saturated heterocycles. The monoisotopic (exact) mass is 204 g/mol. The predicted molar refractivity (Wildman–Crippen MR) is 57.5 cm³/mol. The molecule has 3 heteroatoms. The summed E-state index contributed by atoms with van der Waals surface area (Å²) in [6, 6.07) is 3.67. The fourth-order valence-corrected chi connectivity index (χ4v) is 1.67. The van der Waals surface area contributed by atoms with Gasteiger partial charge in [-0.25, -0.2) is 0 Å². The smallest absolute Gasteiger partial charge is 0.190 e. The molecule has 0 radical (unpaired) electrons. The summed E-state index contributed by atoms with van der Waals surface area (Å²) in [6.07, 6.45) is 3.34. The van der Waals surface area contributed by atoms with Crippen LogP contribution >= 0.6 is 0 Å². The van der Waals surface area contributed by atoms with Crippen molar-refractivity contribution in [3.63, 3.8) is 0 Å². The third kappa shape index (κ3) is 1.50. The number of allylic oxidation sites excluding steroid dienone is 1. The minimum absolute atomic E-state index is 0.0210. The Balaban J connectivity index is 2.58. The van der Waals surface area contributed by atoms with Crippen LogP contribution in [0.3, 0.4) is 0 Å². The zero-order valence-electron chi connectivity index (χ0n) is 8.74. The molecule has 1 aliphatic carbocycles. The molecule has 0 spiro atoms. The molecule has 1 aromatic rings. The molecule has 0 atom stereocenters. The van der Waals surface area contributed by atoms with Crippen molar-refractivity contribution in [2.75, 3.05) is 13.7 Å². The van der Waals surface area contributed by atoms with Crippen molar-refractivity contribution in [2.45, 2.75) is 6.92 Å². The van der Waals surface area contributed by atoms with E-state index in [0.717, 1.165) is 5.56 Å². The van der Waals surface area contributed by atoms with E-state index in [1.807, 2.05) is 19.1 Å². The Morgan fingerprint density at radius 3 is 2.73 bits per heavy atom. The third-order valence-corrected chi connectivity index (χ3v) is 2.32. The number of carbonyl (C=O) groups is 1. The number of benzene rings is 1. The second-order valence-electron chi connectivity index (χ2n) is 3.19. The zero-order chi connectivity index (χ0) is 10.8. The lowest BCUT2D eigenvalue weighted by Gasteiger charge is -2.12. The molecule has 3 nitrogen and oxygen atoms in total. The second kappa shape index (κ2) is 3.77. The molecule has 0 bridgehead atoms. The minimum atomic E-state index is -0.0210. The predicted octanol–water partition coefficient (Wildman–Crippen LogP) is 2.30. The van der Waals surface area contributed by atoms with E-state index in [-0.39, 0.29) is 5.78 Å². The molecule has 78 valence electrons. The van der Waals surface area contributed by atoms with Crippen molar-refractivity contribution < 1.29 is 14.3 Å². The lowest BCUT2D eigenvalue weighted by molar-refractivity contribution is 0.104.